The Bertz CT molecular complexity index is 1130. The van der Waals surface area contributed by atoms with E-state index in [2.05, 4.69) is 15.8 Å². The Labute approximate surface area is 180 Å². The van der Waals surface area contributed by atoms with Crippen molar-refractivity contribution in [3.05, 3.63) is 89.0 Å². The van der Waals surface area contributed by atoms with Gasteiger partial charge in [-0.1, -0.05) is 42.0 Å². The van der Waals surface area contributed by atoms with Crippen LogP contribution in [0.15, 0.2) is 71.8 Å². The molecule has 2 amide bonds. The van der Waals surface area contributed by atoms with Crippen LogP contribution in [0.1, 0.15) is 31.8 Å². The molecule has 7 nitrogen and oxygen atoms in total. The van der Waals surface area contributed by atoms with Crippen LogP contribution in [0.2, 0.25) is 0 Å². The highest BCUT2D eigenvalue weighted by molar-refractivity contribution is 6.09. The summed E-state index contributed by atoms with van der Waals surface area (Å²) in [6, 6.07) is 19.3. The summed E-state index contributed by atoms with van der Waals surface area (Å²) >= 11 is 0. The van der Waals surface area contributed by atoms with Crippen molar-refractivity contribution in [3.63, 3.8) is 0 Å². The first kappa shape index (κ1) is 21.6. The topological polar surface area (TPSA) is 89.0 Å². The third kappa shape index (κ3) is 5.48. The number of benzene rings is 3. The second-order valence-corrected chi connectivity index (χ2v) is 6.68. The van der Waals surface area contributed by atoms with E-state index in [9.17, 15) is 9.59 Å². The molecule has 0 heterocycles. The first-order valence-electron chi connectivity index (χ1n) is 9.54. The SMILES string of the molecule is COc1ccc(C(=O)Nc2ccccc2C(=O)N/N=C/c2cccc(C)c2)cc1OC. The van der Waals surface area contributed by atoms with Crippen molar-refractivity contribution < 1.29 is 19.1 Å². The number of amides is 2. The van der Waals surface area contributed by atoms with Crippen molar-refractivity contribution in [2.75, 3.05) is 19.5 Å². The summed E-state index contributed by atoms with van der Waals surface area (Å²) in [5, 5.41) is 6.78. The average molecular weight is 417 g/mol. The molecule has 0 bridgehead atoms. The molecule has 0 aliphatic rings. The molecule has 3 rings (SSSR count). The predicted octanol–water partition coefficient (Wildman–Crippen LogP) is 4.03. The normalized spacial score (nSPS) is 10.5. The average Bonchev–Trinajstić information content (AvgIpc) is 2.78. The van der Waals surface area contributed by atoms with Crippen LogP contribution in [0.4, 0.5) is 5.69 Å². The van der Waals surface area contributed by atoms with E-state index in [0.29, 0.717) is 22.7 Å². The maximum atomic E-state index is 12.7. The number of carbonyl (C=O) groups excluding carboxylic acids is 2. The lowest BCUT2D eigenvalue weighted by Gasteiger charge is -2.12. The summed E-state index contributed by atoms with van der Waals surface area (Å²) in [6.45, 7) is 1.98. The zero-order chi connectivity index (χ0) is 22.2. The van der Waals surface area contributed by atoms with Gasteiger partial charge in [-0.3, -0.25) is 9.59 Å². The number of ether oxygens (including phenoxy) is 2. The molecule has 2 N–H and O–H groups in total. The van der Waals surface area contributed by atoms with E-state index in [1.54, 1.807) is 48.7 Å². The number of hydrazone groups is 1. The van der Waals surface area contributed by atoms with Crippen LogP contribution < -0.4 is 20.2 Å². The van der Waals surface area contributed by atoms with Crippen molar-refractivity contribution in [1.82, 2.24) is 5.43 Å². The van der Waals surface area contributed by atoms with Crippen LogP contribution in [0, 0.1) is 6.92 Å². The van der Waals surface area contributed by atoms with Crippen molar-refractivity contribution in [2.45, 2.75) is 6.92 Å². The van der Waals surface area contributed by atoms with Gasteiger partial charge in [-0.15, -0.1) is 0 Å². The van der Waals surface area contributed by atoms with Crippen molar-refractivity contribution in [1.29, 1.82) is 0 Å². The quantitative estimate of drug-likeness (QED) is 0.449. The van der Waals surface area contributed by atoms with Crippen LogP contribution in [-0.2, 0) is 0 Å². The maximum Gasteiger partial charge on any atom is 0.273 e. The minimum Gasteiger partial charge on any atom is -0.493 e. The lowest BCUT2D eigenvalue weighted by Crippen LogP contribution is -2.21. The van der Waals surface area contributed by atoms with E-state index in [4.69, 9.17) is 9.47 Å². The number of hydrogen-bond acceptors (Lipinski definition) is 5. The molecule has 0 saturated carbocycles. The van der Waals surface area contributed by atoms with Crippen LogP contribution in [0.3, 0.4) is 0 Å². The highest BCUT2D eigenvalue weighted by Crippen LogP contribution is 2.28. The summed E-state index contributed by atoms with van der Waals surface area (Å²) in [6.07, 6.45) is 1.57. The smallest absolute Gasteiger partial charge is 0.273 e. The molecule has 158 valence electrons. The van der Waals surface area contributed by atoms with Crippen molar-refractivity contribution in [3.8, 4) is 11.5 Å². The molecule has 0 radical (unpaired) electrons. The summed E-state index contributed by atoms with van der Waals surface area (Å²) in [5.74, 6) is 0.133. The second-order valence-electron chi connectivity index (χ2n) is 6.68. The highest BCUT2D eigenvalue weighted by Gasteiger charge is 2.15. The monoisotopic (exact) mass is 417 g/mol. The number of nitrogens with one attached hydrogen (secondary N) is 2. The van der Waals surface area contributed by atoms with Gasteiger partial charge in [0.15, 0.2) is 11.5 Å². The highest BCUT2D eigenvalue weighted by atomic mass is 16.5. The lowest BCUT2D eigenvalue weighted by atomic mass is 10.1. The number of carbonyl (C=O) groups is 2. The standard InChI is InChI=1S/C24H23N3O4/c1-16-7-6-8-17(13-16)15-25-27-24(29)19-9-4-5-10-20(19)26-23(28)18-11-12-21(30-2)22(14-18)31-3/h4-15H,1-3H3,(H,26,28)(H,27,29)/b25-15+. The number of aryl methyl sites for hydroxylation is 1. The largest absolute Gasteiger partial charge is 0.493 e. The third-order valence-corrected chi connectivity index (χ3v) is 4.49. The molecule has 3 aromatic carbocycles. The van der Waals surface area contributed by atoms with Gasteiger partial charge < -0.3 is 14.8 Å². The Hall–Kier alpha value is -4.13. The lowest BCUT2D eigenvalue weighted by molar-refractivity contribution is 0.0956. The Morgan fingerprint density at radius 2 is 1.65 bits per heavy atom. The van der Waals surface area contributed by atoms with Gasteiger partial charge in [0.05, 0.1) is 31.7 Å². The number of rotatable bonds is 7. The Morgan fingerprint density at radius 3 is 2.39 bits per heavy atom. The van der Waals surface area contributed by atoms with Crippen LogP contribution >= 0.6 is 0 Å². The number of methoxy groups -OCH3 is 2. The van der Waals surface area contributed by atoms with Crippen molar-refractivity contribution >= 4 is 23.7 Å². The van der Waals surface area contributed by atoms with Crippen molar-refractivity contribution in [2.24, 2.45) is 5.10 Å². The van der Waals surface area contributed by atoms with Gasteiger partial charge in [0, 0.05) is 5.56 Å². The zero-order valence-electron chi connectivity index (χ0n) is 17.5. The first-order valence-corrected chi connectivity index (χ1v) is 9.54. The zero-order valence-corrected chi connectivity index (χ0v) is 17.5. The van der Waals surface area contributed by atoms with E-state index in [-0.39, 0.29) is 11.5 Å². The van der Waals surface area contributed by atoms with E-state index in [0.717, 1.165) is 11.1 Å². The molecule has 0 spiro atoms. The molecule has 31 heavy (non-hydrogen) atoms. The molecule has 0 unspecified atom stereocenters. The third-order valence-electron chi connectivity index (χ3n) is 4.49. The van der Waals surface area contributed by atoms with Gasteiger partial charge in [0.1, 0.15) is 0 Å². The van der Waals surface area contributed by atoms with Gasteiger partial charge in [-0.2, -0.15) is 5.10 Å². The molecule has 3 aromatic rings. The summed E-state index contributed by atoms with van der Waals surface area (Å²) in [5.41, 5.74) is 5.48. The fraction of sp³-hybridized carbons (Fsp3) is 0.125. The summed E-state index contributed by atoms with van der Waals surface area (Å²) < 4.78 is 10.4. The molecule has 0 aliphatic heterocycles. The summed E-state index contributed by atoms with van der Waals surface area (Å²) in [4.78, 5) is 25.3. The molecule has 0 saturated heterocycles. The molecule has 0 atom stereocenters. The maximum absolute atomic E-state index is 12.7. The van der Waals surface area contributed by atoms with Crippen LogP contribution in [0.25, 0.3) is 0 Å². The van der Waals surface area contributed by atoms with E-state index in [1.165, 1.54) is 14.2 Å². The molecule has 7 heteroatoms. The summed E-state index contributed by atoms with van der Waals surface area (Å²) in [7, 11) is 3.02. The first-order chi connectivity index (χ1) is 15.0. The van der Waals surface area contributed by atoms with Gasteiger partial charge in [-0.25, -0.2) is 5.43 Å². The van der Waals surface area contributed by atoms with Crippen LogP contribution in [-0.4, -0.2) is 32.2 Å². The predicted molar refractivity (Wildman–Crippen MR) is 120 cm³/mol. The van der Waals surface area contributed by atoms with Crippen LogP contribution in [0.5, 0.6) is 11.5 Å². The van der Waals surface area contributed by atoms with E-state index < -0.39 is 5.91 Å². The molecular weight excluding hydrogens is 394 g/mol. The van der Waals surface area contributed by atoms with E-state index in [1.807, 2.05) is 31.2 Å². The van der Waals surface area contributed by atoms with Gasteiger partial charge in [0.2, 0.25) is 0 Å². The van der Waals surface area contributed by atoms with Gasteiger partial charge in [-0.05, 0) is 42.8 Å². The number of hydrogen-bond donors (Lipinski definition) is 2. The fourth-order valence-electron chi connectivity index (χ4n) is 2.94. The Kier molecular flexibility index (Phi) is 7.01. The molecular formula is C24H23N3O4. The minimum atomic E-state index is -0.438. The molecule has 0 aliphatic carbocycles. The molecule has 0 aromatic heterocycles. The van der Waals surface area contributed by atoms with E-state index >= 15 is 0 Å². The Morgan fingerprint density at radius 1 is 0.871 bits per heavy atom. The second kappa shape index (κ2) is 10.1. The van der Waals surface area contributed by atoms with Gasteiger partial charge >= 0.3 is 0 Å². The number of anilines is 1. The number of nitrogens with zero attached hydrogens (tertiary/aromatic N) is 1. The minimum absolute atomic E-state index is 0.290. The number of para-hydroxylation sites is 1. The molecule has 0 fully saturated rings. The fourth-order valence-corrected chi connectivity index (χ4v) is 2.94. The Balaban J connectivity index is 1.74. The van der Waals surface area contributed by atoms with Gasteiger partial charge in [0.25, 0.3) is 11.8 Å².